The highest BCUT2D eigenvalue weighted by Gasteiger charge is 2.31. The summed E-state index contributed by atoms with van der Waals surface area (Å²) in [5.74, 6) is 0.0833. The van der Waals surface area contributed by atoms with Gasteiger partial charge in [0.15, 0.2) is 0 Å². The number of carbonyl (C=O) groups is 1. The Hall–Kier alpha value is -1.04. The van der Waals surface area contributed by atoms with Crippen LogP contribution in [0.15, 0.2) is 29.2 Å². The van der Waals surface area contributed by atoms with Gasteiger partial charge in [0.25, 0.3) is 5.91 Å². The Labute approximate surface area is 124 Å². The monoisotopic (exact) mass is 294 g/mol. The highest BCUT2D eigenvalue weighted by Crippen LogP contribution is 2.25. The summed E-state index contributed by atoms with van der Waals surface area (Å²) >= 11 is 1.60. The number of nitrogens with two attached hydrogens (primary N) is 1. The number of hydrogen-bond acceptors (Lipinski definition) is 4. The Morgan fingerprint density at radius 1 is 1.50 bits per heavy atom. The van der Waals surface area contributed by atoms with Crippen LogP contribution in [-0.2, 0) is 4.74 Å². The molecule has 0 radical (unpaired) electrons. The van der Waals surface area contributed by atoms with Crippen LogP contribution in [0.2, 0.25) is 0 Å². The van der Waals surface area contributed by atoms with Crippen LogP contribution in [-0.4, -0.2) is 49.4 Å². The van der Waals surface area contributed by atoms with Crippen molar-refractivity contribution < 1.29 is 9.53 Å². The molecular weight excluding hydrogens is 272 g/mol. The first-order valence-electron chi connectivity index (χ1n) is 6.88. The normalized spacial score (nSPS) is 22.9. The molecule has 1 aromatic rings. The lowest BCUT2D eigenvalue weighted by Gasteiger charge is -2.38. The molecule has 2 rings (SSSR count). The molecule has 2 atom stereocenters. The quantitative estimate of drug-likeness (QED) is 0.863. The predicted molar refractivity (Wildman–Crippen MR) is 82.1 cm³/mol. The number of hydrogen-bond donors (Lipinski definition) is 1. The molecule has 1 aliphatic rings. The van der Waals surface area contributed by atoms with E-state index >= 15 is 0 Å². The van der Waals surface area contributed by atoms with Gasteiger partial charge >= 0.3 is 0 Å². The van der Waals surface area contributed by atoms with E-state index in [9.17, 15) is 4.79 Å². The van der Waals surface area contributed by atoms with Gasteiger partial charge in [-0.2, -0.15) is 0 Å². The number of ether oxygens (including phenoxy) is 1. The van der Waals surface area contributed by atoms with E-state index in [0.717, 1.165) is 23.3 Å². The van der Waals surface area contributed by atoms with Gasteiger partial charge in [-0.3, -0.25) is 4.79 Å². The van der Waals surface area contributed by atoms with Crippen LogP contribution in [0.3, 0.4) is 0 Å². The number of rotatable bonds is 4. The second-order valence-electron chi connectivity index (χ2n) is 4.97. The standard InChI is InChI=1S/C15H22N2O2S/c1-19-12-7-8-17(11(9-12)10-16)15(18)13-5-3-4-6-14(13)20-2/h3-6,11-12H,7-10,16H2,1-2H3. The zero-order valence-corrected chi connectivity index (χ0v) is 12.9. The number of piperidine rings is 1. The molecule has 1 heterocycles. The molecule has 1 aliphatic heterocycles. The number of thioether (sulfide) groups is 1. The molecular formula is C15H22N2O2S. The lowest BCUT2D eigenvalue weighted by molar-refractivity contribution is 0.0137. The number of nitrogens with zero attached hydrogens (tertiary/aromatic N) is 1. The maximum atomic E-state index is 12.8. The van der Waals surface area contributed by atoms with Gasteiger partial charge < -0.3 is 15.4 Å². The fraction of sp³-hybridized carbons (Fsp3) is 0.533. The highest BCUT2D eigenvalue weighted by atomic mass is 32.2. The van der Waals surface area contributed by atoms with Gasteiger partial charge in [0, 0.05) is 31.1 Å². The fourth-order valence-corrected chi connectivity index (χ4v) is 3.29. The van der Waals surface area contributed by atoms with Crippen LogP contribution in [0.5, 0.6) is 0 Å². The Balaban J connectivity index is 2.19. The van der Waals surface area contributed by atoms with Gasteiger partial charge in [-0.1, -0.05) is 12.1 Å². The molecule has 4 nitrogen and oxygen atoms in total. The minimum Gasteiger partial charge on any atom is -0.381 e. The highest BCUT2D eigenvalue weighted by molar-refractivity contribution is 7.98. The minimum atomic E-state index is 0.0658. The molecule has 1 amide bonds. The van der Waals surface area contributed by atoms with Crippen LogP contribution in [0.25, 0.3) is 0 Å². The predicted octanol–water partition coefficient (Wildman–Crippen LogP) is 1.99. The average molecular weight is 294 g/mol. The third-order valence-electron chi connectivity index (χ3n) is 3.87. The van der Waals surface area contributed by atoms with Gasteiger partial charge in [0.2, 0.25) is 0 Å². The third kappa shape index (κ3) is 3.16. The number of benzene rings is 1. The van der Waals surface area contributed by atoms with Gasteiger partial charge in [-0.25, -0.2) is 0 Å². The van der Waals surface area contributed by atoms with Gasteiger partial charge in [0.05, 0.1) is 11.7 Å². The van der Waals surface area contributed by atoms with E-state index in [1.807, 2.05) is 35.4 Å². The Morgan fingerprint density at radius 3 is 2.90 bits per heavy atom. The van der Waals surface area contributed by atoms with Crippen molar-refractivity contribution in [3.8, 4) is 0 Å². The van der Waals surface area contributed by atoms with Crippen molar-refractivity contribution >= 4 is 17.7 Å². The first-order chi connectivity index (χ1) is 9.71. The van der Waals surface area contributed by atoms with Crippen molar-refractivity contribution in [3.63, 3.8) is 0 Å². The zero-order valence-electron chi connectivity index (χ0n) is 12.0. The molecule has 2 N–H and O–H groups in total. The molecule has 0 spiro atoms. The van der Waals surface area contributed by atoms with E-state index in [4.69, 9.17) is 10.5 Å². The van der Waals surface area contributed by atoms with E-state index in [0.29, 0.717) is 13.1 Å². The first kappa shape index (κ1) is 15.4. The number of amides is 1. The van der Waals surface area contributed by atoms with Crippen molar-refractivity contribution in [2.75, 3.05) is 26.5 Å². The van der Waals surface area contributed by atoms with Crippen LogP contribution in [0.1, 0.15) is 23.2 Å². The van der Waals surface area contributed by atoms with Crippen molar-refractivity contribution in [2.24, 2.45) is 5.73 Å². The van der Waals surface area contributed by atoms with Crippen molar-refractivity contribution in [1.29, 1.82) is 0 Å². The molecule has 20 heavy (non-hydrogen) atoms. The minimum absolute atomic E-state index is 0.0658. The van der Waals surface area contributed by atoms with Crippen LogP contribution < -0.4 is 5.73 Å². The Morgan fingerprint density at radius 2 is 2.25 bits per heavy atom. The first-order valence-corrected chi connectivity index (χ1v) is 8.10. The smallest absolute Gasteiger partial charge is 0.255 e. The summed E-state index contributed by atoms with van der Waals surface area (Å²) in [6, 6.07) is 7.81. The lowest BCUT2D eigenvalue weighted by atomic mass is 9.98. The number of methoxy groups -OCH3 is 1. The molecule has 0 saturated carbocycles. The summed E-state index contributed by atoms with van der Waals surface area (Å²) in [4.78, 5) is 15.7. The molecule has 0 aliphatic carbocycles. The van der Waals surface area contributed by atoms with Crippen LogP contribution >= 0.6 is 11.8 Å². The zero-order chi connectivity index (χ0) is 14.5. The Bertz CT molecular complexity index is 467. The summed E-state index contributed by atoms with van der Waals surface area (Å²) in [6.45, 7) is 1.19. The largest absolute Gasteiger partial charge is 0.381 e. The Kier molecular flexibility index (Phi) is 5.46. The molecule has 1 fully saturated rings. The van der Waals surface area contributed by atoms with Crippen molar-refractivity contribution in [3.05, 3.63) is 29.8 Å². The second-order valence-corrected chi connectivity index (χ2v) is 5.82. The maximum Gasteiger partial charge on any atom is 0.255 e. The van der Waals surface area contributed by atoms with Crippen LogP contribution in [0.4, 0.5) is 0 Å². The summed E-state index contributed by atoms with van der Waals surface area (Å²) < 4.78 is 5.40. The van der Waals surface area contributed by atoms with Crippen molar-refractivity contribution in [2.45, 2.75) is 29.9 Å². The van der Waals surface area contributed by atoms with Gasteiger partial charge in [-0.05, 0) is 31.2 Å². The number of carbonyl (C=O) groups excluding carboxylic acids is 1. The summed E-state index contributed by atoms with van der Waals surface area (Å²) in [6.07, 6.45) is 3.90. The van der Waals surface area contributed by atoms with Gasteiger partial charge in [0.1, 0.15) is 0 Å². The average Bonchev–Trinajstić information content (AvgIpc) is 2.53. The van der Waals surface area contributed by atoms with Crippen molar-refractivity contribution in [1.82, 2.24) is 4.90 Å². The molecule has 1 aromatic carbocycles. The van der Waals surface area contributed by atoms with Crippen LogP contribution in [0, 0.1) is 0 Å². The molecule has 5 heteroatoms. The van der Waals surface area contributed by atoms with E-state index in [-0.39, 0.29) is 18.1 Å². The summed E-state index contributed by atoms with van der Waals surface area (Å²) in [5, 5.41) is 0. The summed E-state index contributed by atoms with van der Waals surface area (Å²) in [7, 11) is 1.72. The lowest BCUT2D eigenvalue weighted by Crippen LogP contribution is -2.51. The maximum absolute atomic E-state index is 12.8. The molecule has 0 bridgehead atoms. The van der Waals surface area contributed by atoms with E-state index in [1.165, 1.54) is 0 Å². The molecule has 110 valence electrons. The topological polar surface area (TPSA) is 55.6 Å². The van der Waals surface area contributed by atoms with Gasteiger partial charge in [-0.15, -0.1) is 11.8 Å². The van der Waals surface area contributed by atoms with E-state index < -0.39 is 0 Å². The molecule has 1 saturated heterocycles. The van der Waals surface area contributed by atoms with E-state index in [2.05, 4.69) is 0 Å². The fourth-order valence-electron chi connectivity index (χ4n) is 2.70. The second kappa shape index (κ2) is 7.11. The molecule has 2 unspecified atom stereocenters. The summed E-state index contributed by atoms with van der Waals surface area (Å²) in [5.41, 5.74) is 6.61. The number of likely N-dealkylation sites (tertiary alicyclic amines) is 1. The third-order valence-corrected chi connectivity index (χ3v) is 4.67. The van der Waals surface area contributed by atoms with E-state index in [1.54, 1.807) is 18.9 Å². The SMILES string of the molecule is COC1CCN(C(=O)c2ccccc2SC)C(CN)C1. The molecule has 0 aromatic heterocycles.